The summed E-state index contributed by atoms with van der Waals surface area (Å²) in [6.07, 6.45) is 4.05. The number of benzene rings is 2. The largest absolute Gasteiger partial charge is 0.494 e. The number of amides is 2. The summed E-state index contributed by atoms with van der Waals surface area (Å²) >= 11 is 0. The Morgan fingerprint density at radius 1 is 1.11 bits per heavy atom. The van der Waals surface area contributed by atoms with Crippen LogP contribution in [-0.2, 0) is 4.79 Å². The molecule has 0 aromatic heterocycles. The second kappa shape index (κ2) is 10.2. The summed E-state index contributed by atoms with van der Waals surface area (Å²) in [5, 5.41) is 5.69. The van der Waals surface area contributed by atoms with Crippen molar-refractivity contribution >= 4 is 23.6 Å². The SMILES string of the molecule is CCOc1ccc(/C=C/C(=O)Nc2cccc(C(=O)NC(C)CC)c2)cc1. The molecule has 2 aromatic rings. The third-order valence-corrected chi connectivity index (χ3v) is 4.00. The van der Waals surface area contributed by atoms with Crippen LogP contribution in [0.4, 0.5) is 5.69 Å². The van der Waals surface area contributed by atoms with Crippen LogP contribution in [0.5, 0.6) is 5.75 Å². The average Bonchev–Trinajstić information content (AvgIpc) is 2.67. The van der Waals surface area contributed by atoms with Crippen LogP contribution >= 0.6 is 0 Å². The van der Waals surface area contributed by atoms with Gasteiger partial charge in [0.15, 0.2) is 0 Å². The molecule has 0 saturated carbocycles. The molecule has 0 aliphatic heterocycles. The quantitative estimate of drug-likeness (QED) is 0.686. The molecule has 0 fully saturated rings. The van der Waals surface area contributed by atoms with E-state index in [0.717, 1.165) is 17.7 Å². The van der Waals surface area contributed by atoms with Gasteiger partial charge in [0.05, 0.1) is 6.61 Å². The molecule has 2 amide bonds. The number of anilines is 1. The maximum Gasteiger partial charge on any atom is 0.251 e. The Morgan fingerprint density at radius 3 is 2.52 bits per heavy atom. The number of hydrogen-bond acceptors (Lipinski definition) is 3. The first-order chi connectivity index (χ1) is 13.0. The van der Waals surface area contributed by atoms with Gasteiger partial charge in [-0.1, -0.05) is 25.1 Å². The van der Waals surface area contributed by atoms with Crippen molar-refractivity contribution in [3.05, 3.63) is 65.7 Å². The molecular formula is C22H26N2O3. The van der Waals surface area contributed by atoms with E-state index in [1.807, 2.05) is 45.0 Å². The highest BCUT2D eigenvalue weighted by Crippen LogP contribution is 2.14. The first kappa shape index (κ1) is 20.2. The summed E-state index contributed by atoms with van der Waals surface area (Å²) in [5.74, 6) is 0.389. The Kier molecular flexibility index (Phi) is 7.62. The molecule has 2 N–H and O–H groups in total. The van der Waals surface area contributed by atoms with Crippen molar-refractivity contribution in [2.24, 2.45) is 0 Å². The minimum atomic E-state index is -0.261. The molecule has 5 nitrogen and oxygen atoms in total. The van der Waals surface area contributed by atoms with Crippen molar-refractivity contribution in [1.29, 1.82) is 0 Å². The molecule has 0 radical (unpaired) electrons. The molecule has 0 saturated heterocycles. The van der Waals surface area contributed by atoms with Crippen molar-refractivity contribution in [3.8, 4) is 5.75 Å². The smallest absolute Gasteiger partial charge is 0.251 e. The molecule has 27 heavy (non-hydrogen) atoms. The van der Waals surface area contributed by atoms with Crippen molar-refractivity contribution < 1.29 is 14.3 Å². The van der Waals surface area contributed by atoms with Gasteiger partial charge in [0.25, 0.3) is 5.91 Å². The van der Waals surface area contributed by atoms with Crippen LogP contribution in [0.2, 0.25) is 0 Å². The monoisotopic (exact) mass is 366 g/mol. The first-order valence-corrected chi connectivity index (χ1v) is 9.14. The number of ether oxygens (including phenoxy) is 1. The molecule has 0 aliphatic carbocycles. The second-order valence-corrected chi connectivity index (χ2v) is 6.19. The lowest BCUT2D eigenvalue weighted by atomic mass is 10.1. The van der Waals surface area contributed by atoms with Crippen LogP contribution in [0.15, 0.2) is 54.6 Å². The number of carbonyl (C=O) groups is 2. The van der Waals surface area contributed by atoms with Gasteiger partial charge < -0.3 is 15.4 Å². The molecule has 5 heteroatoms. The summed E-state index contributed by atoms with van der Waals surface area (Å²) in [5.41, 5.74) is 1.99. The molecule has 0 bridgehead atoms. The van der Waals surface area contributed by atoms with E-state index in [1.165, 1.54) is 6.08 Å². The zero-order valence-electron chi connectivity index (χ0n) is 16.0. The zero-order valence-corrected chi connectivity index (χ0v) is 16.0. The van der Waals surface area contributed by atoms with E-state index in [2.05, 4.69) is 10.6 Å². The molecule has 0 aliphatic rings. The highest BCUT2D eigenvalue weighted by molar-refractivity contribution is 6.03. The van der Waals surface area contributed by atoms with Crippen LogP contribution in [-0.4, -0.2) is 24.5 Å². The van der Waals surface area contributed by atoms with Gasteiger partial charge in [-0.05, 0) is 62.2 Å². The molecule has 2 aromatic carbocycles. The lowest BCUT2D eigenvalue weighted by Gasteiger charge is -2.12. The van der Waals surface area contributed by atoms with Crippen molar-refractivity contribution in [3.63, 3.8) is 0 Å². The minimum absolute atomic E-state index is 0.104. The zero-order chi connectivity index (χ0) is 19.6. The van der Waals surface area contributed by atoms with Crippen LogP contribution < -0.4 is 15.4 Å². The van der Waals surface area contributed by atoms with E-state index in [4.69, 9.17) is 4.74 Å². The van der Waals surface area contributed by atoms with Crippen molar-refractivity contribution in [2.45, 2.75) is 33.2 Å². The van der Waals surface area contributed by atoms with E-state index in [9.17, 15) is 9.59 Å². The van der Waals surface area contributed by atoms with Crippen LogP contribution in [0.25, 0.3) is 6.08 Å². The lowest BCUT2D eigenvalue weighted by Crippen LogP contribution is -2.31. The Morgan fingerprint density at radius 2 is 1.85 bits per heavy atom. The van der Waals surface area contributed by atoms with Crippen molar-refractivity contribution in [1.82, 2.24) is 5.32 Å². The third kappa shape index (κ3) is 6.62. The highest BCUT2D eigenvalue weighted by atomic mass is 16.5. The highest BCUT2D eigenvalue weighted by Gasteiger charge is 2.09. The maximum atomic E-state index is 12.2. The number of nitrogens with one attached hydrogen (secondary N) is 2. The normalized spacial score (nSPS) is 11.8. The Hall–Kier alpha value is -3.08. The topological polar surface area (TPSA) is 67.4 Å². The number of hydrogen-bond donors (Lipinski definition) is 2. The van der Waals surface area contributed by atoms with Crippen LogP contribution in [0, 0.1) is 0 Å². The summed E-state index contributed by atoms with van der Waals surface area (Å²) < 4.78 is 5.39. The van der Waals surface area contributed by atoms with Gasteiger partial charge in [-0.25, -0.2) is 0 Å². The first-order valence-electron chi connectivity index (χ1n) is 9.14. The Balaban J connectivity index is 1.97. The van der Waals surface area contributed by atoms with E-state index in [-0.39, 0.29) is 17.9 Å². The Labute approximate surface area is 160 Å². The number of rotatable bonds is 8. The maximum absolute atomic E-state index is 12.2. The van der Waals surface area contributed by atoms with E-state index < -0.39 is 0 Å². The molecule has 1 unspecified atom stereocenters. The van der Waals surface area contributed by atoms with E-state index in [1.54, 1.807) is 30.3 Å². The standard InChI is InChI=1S/C22H26N2O3/c1-4-16(3)23-22(26)18-7-6-8-19(15-18)24-21(25)14-11-17-9-12-20(13-10-17)27-5-2/h6-16H,4-5H2,1-3H3,(H,23,26)(H,24,25)/b14-11+. The average molecular weight is 366 g/mol. The van der Waals surface area contributed by atoms with Crippen molar-refractivity contribution in [2.75, 3.05) is 11.9 Å². The predicted octanol–water partition coefficient (Wildman–Crippen LogP) is 4.27. The Bertz CT molecular complexity index is 797. The molecule has 0 spiro atoms. The van der Waals surface area contributed by atoms with Crippen LogP contribution in [0.3, 0.4) is 0 Å². The van der Waals surface area contributed by atoms with Gasteiger partial charge in [-0.15, -0.1) is 0 Å². The molecule has 142 valence electrons. The number of carbonyl (C=O) groups excluding carboxylic acids is 2. The fourth-order valence-electron chi connectivity index (χ4n) is 2.35. The summed E-state index contributed by atoms with van der Waals surface area (Å²) in [6, 6.07) is 14.5. The minimum Gasteiger partial charge on any atom is -0.494 e. The predicted molar refractivity (Wildman–Crippen MR) is 109 cm³/mol. The van der Waals surface area contributed by atoms with Gasteiger partial charge in [0, 0.05) is 23.4 Å². The van der Waals surface area contributed by atoms with Crippen LogP contribution in [0.1, 0.15) is 43.1 Å². The molecule has 1 atom stereocenters. The van der Waals surface area contributed by atoms with Gasteiger partial charge in [0.1, 0.15) is 5.75 Å². The van der Waals surface area contributed by atoms with Gasteiger partial charge in [-0.2, -0.15) is 0 Å². The fraction of sp³-hybridized carbons (Fsp3) is 0.273. The van der Waals surface area contributed by atoms with Gasteiger partial charge >= 0.3 is 0 Å². The molecule has 2 rings (SSSR count). The third-order valence-electron chi connectivity index (χ3n) is 4.00. The fourth-order valence-corrected chi connectivity index (χ4v) is 2.35. The van der Waals surface area contributed by atoms with E-state index >= 15 is 0 Å². The lowest BCUT2D eigenvalue weighted by molar-refractivity contribution is -0.111. The van der Waals surface area contributed by atoms with Gasteiger partial charge in [0.2, 0.25) is 5.91 Å². The summed E-state index contributed by atoms with van der Waals surface area (Å²) in [6.45, 7) is 6.51. The van der Waals surface area contributed by atoms with E-state index in [0.29, 0.717) is 17.9 Å². The summed E-state index contributed by atoms with van der Waals surface area (Å²) in [4.78, 5) is 24.3. The van der Waals surface area contributed by atoms with Gasteiger partial charge in [-0.3, -0.25) is 9.59 Å². The molecule has 0 heterocycles. The second-order valence-electron chi connectivity index (χ2n) is 6.19. The molecular weight excluding hydrogens is 340 g/mol. The summed E-state index contributed by atoms with van der Waals surface area (Å²) in [7, 11) is 0.